The molecule has 18 heavy (non-hydrogen) atoms. The third-order valence-corrected chi connectivity index (χ3v) is 3.84. The Balaban J connectivity index is 2.20. The second kappa shape index (κ2) is 9.29. The van der Waals surface area contributed by atoms with Crippen molar-refractivity contribution in [2.75, 3.05) is 16.9 Å². The van der Waals surface area contributed by atoms with Crippen LogP contribution >= 0.6 is 23.4 Å². The van der Waals surface area contributed by atoms with Gasteiger partial charge < -0.3 is 5.32 Å². The summed E-state index contributed by atoms with van der Waals surface area (Å²) in [5.41, 5.74) is 0.856. The molecule has 100 valence electrons. The van der Waals surface area contributed by atoms with Crippen LogP contribution in [0.5, 0.6) is 0 Å². The summed E-state index contributed by atoms with van der Waals surface area (Å²) < 4.78 is 0. The number of benzene rings is 1. The first-order valence-corrected chi connectivity index (χ1v) is 7.81. The molecule has 0 aliphatic heterocycles. The summed E-state index contributed by atoms with van der Waals surface area (Å²) >= 11 is 7.49. The molecular formula is C14H20ClNOS. The Hall–Kier alpha value is -0.670. The van der Waals surface area contributed by atoms with Crippen LogP contribution in [0.4, 0.5) is 5.69 Å². The molecule has 0 saturated heterocycles. The lowest BCUT2D eigenvalue weighted by Gasteiger charge is -2.04. The van der Waals surface area contributed by atoms with E-state index in [9.17, 15) is 4.79 Å². The highest BCUT2D eigenvalue weighted by atomic mass is 35.5. The van der Waals surface area contributed by atoms with Crippen LogP contribution < -0.4 is 5.32 Å². The van der Waals surface area contributed by atoms with Crippen molar-refractivity contribution < 1.29 is 4.79 Å². The van der Waals surface area contributed by atoms with Crippen molar-refractivity contribution in [2.45, 2.75) is 37.5 Å². The van der Waals surface area contributed by atoms with Gasteiger partial charge in [0.1, 0.15) is 0 Å². The third kappa shape index (κ3) is 6.92. The average Bonchev–Trinajstić information content (AvgIpc) is 2.35. The van der Waals surface area contributed by atoms with Crippen LogP contribution in [-0.2, 0) is 4.79 Å². The number of halogens is 1. The van der Waals surface area contributed by atoms with E-state index in [0.717, 1.165) is 23.7 Å². The fourth-order valence-electron chi connectivity index (χ4n) is 1.58. The van der Waals surface area contributed by atoms with Gasteiger partial charge in [0.15, 0.2) is 0 Å². The number of thioether (sulfide) groups is 1. The fourth-order valence-corrected chi connectivity index (χ4v) is 2.68. The molecule has 1 amide bonds. The van der Waals surface area contributed by atoms with Gasteiger partial charge in [-0.05, 0) is 42.9 Å². The van der Waals surface area contributed by atoms with Crippen molar-refractivity contribution in [1.82, 2.24) is 0 Å². The van der Waals surface area contributed by atoms with Crippen LogP contribution in [-0.4, -0.2) is 17.5 Å². The summed E-state index contributed by atoms with van der Waals surface area (Å²) in [4.78, 5) is 12.1. The molecule has 0 radical (unpaired) electrons. The van der Waals surface area contributed by atoms with Gasteiger partial charge in [0.25, 0.3) is 0 Å². The van der Waals surface area contributed by atoms with Gasteiger partial charge in [-0.3, -0.25) is 4.79 Å². The van der Waals surface area contributed by atoms with E-state index >= 15 is 0 Å². The molecule has 0 bridgehead atoms. The highest BCUT2D eigenvalue weighted by Gasteiger charge is 1.97. The van der Waals surface area contributed by atoms with Crippen LogP contribution in [0.3, 0.4) is 0 Å². The lowest BCUT2D eigenvalue weighted by Crippen LogP contribution is -2.05. The molecule has 0 heterocycles. The number of amides is 1. The van der Waals surface area contributed by atoms with Crippen molar-refractivity contribution in [2.24, 2.45) is 0 Å². The molecule has 0 unspecified atom stereocenters. The number of rotatable bonds is 8. The summed E-state index contributed by atoms with van der Waals surface area (Å²) in [6.07, 6.45) is 4.84. The minimum atomic E-state index is -0.0327. The largest absolute Gasteiger partial charge is 0.326 e. The maximum atomic E-state index is 10.9. The summed E-state index contributed by atoms with van der Waals surface area (Å²) in [5, 5.41) is 2.76. The number of carbonyl (C=O) groups is 1. The van der Waals surface area contributed by atoms with Gasteiger partial charge in [-0.25, -0.2) is 0 Å². The number of carbonyl (C=O) groups excluding carboxylic acids is 1. The van der Waals surface area contributed by atoms with Crippen molar-refractivity contribution in [3.05, 3.63) is 24.3 Å². The van der Waals surface area contributed by atoms with Gasteiger partial charge in [-0.2, -0.15) is 0 Å². The zero-order valence-electron chi connectivity index (χ0n) is 10.7. The van der Waals surface area contributed by atoms with E-state index < -0.39 is 0 Å². The van der Waals surface area contributed by atoms with Crippen molar-refractivity contribution in [3.63, 3.8) is 0 Å². The first kappa shape index (κ1) is 15.4. The van der Waals surface area contributed by atoms with E-state index in [-0.39, 0.29) is 5.91 Å². The number of anilines is 1. The Bertz CT molecular complexity index is 353. The smallest absolute Gasteiger partial charge is 0.221 e. The zero-order chi connectivity index (χ0) is 13.2. The Morgan fingerprint density at radius 3 is 2.44 bits per heavy atom. The third-order valence-electron chi connectivity index (χ3n) is 2.47. The van der Waals surface area contributed by atoms with Crippen molar-refractivity contribution in [3.8, 4) is 0 Å². The van der Waals surface area contributed by atoms with Crippen molar-refractivity contribution in [1.29, 1.82) is 0 Å². The summed E-state index contributed by atoms with van der Waals surface area (Å²) in [6, 6.07) is 7.98. The molecule has 1 rings (SSSR count). The highest BCUT2D eigenvalue weighted by molar-refractivity contribution is 7.99. The lowest BCUT2D eigenvalue weighted by molar-refractivity contribution is -0.114. The van der Waals surface area contributed by atoms with Crippen LogP contribution in [0.15, 0.2) is 29.2 Å². The first-order chi connectivity index (χ1) is 8.72. The quantitative estimate of drug-likeness (QED) is 0.432. The predicted octanol–water partition coefficient (Wildman–Crippen LogP) is 4.54. The summed E-state index contributed by atoms with van der Waals surface area (Å²) in [7, 11) is 0. The molecule has 1 aromatic carbocycles. The molecule has 0 aliphatic rings. The second-order valence-electron chi connectivity index (χ2n) is 4.16. The van der Waals surface area contributed by atoms with E-state index in [4.69, 9.17) is 11.6 Å². The Kier molecular flexibility index (Phi) is 7.94. The number of hydrogen-bond acceptors (Lipinski definition) is 2. The number of hydrogen-bond donors (Lipinski definition) is 1. The molecule has 0 fully saturated rings. The molecule has 0 saturated carbocycles. The topological polar surface area (TPSA) is 29.1 Å². The number of unbranched alkanes of at least 4 members (excludes halogenated alkanes) is 3. The van der Waals surface area contributed by atoms with Gasteiger partial charge in [-0.1, -0.05) is 12.8 Å². The molecule has 4 heteroatoms. The molecule has 0 spiro atoms. The van der Waals surface area contributed by atoms with E-state index in [1.54, 1.807) is 0 Å². The van der Waals surface area contributed by atoms with Gasteiger partial charge in [-0.15, -0.1) is 23.4 Å². The van der Waals surface area contributed by atoms with Gasteiger partial charge in [0.05, 0.1) is 0 Å². The van der Waals surface area contributed by atoms with E-state index in [1.807, 2.05) is 23.9 Å². The molecule has 1 N–H and O–H groups in total. The standard InChI is InChI=1S/C14H20ClNOS/c1-12(17)16-13-6-8-14(9-7-13)18-11-5-3-2-4-10-15/h6-9H,2-5,10-11H2,1H3,(H,16,17). The van der Waals surface area contributed by atoms with Crippen molar-refractivity contribution >= 4 is 35.0 Å². The molecule has 0 atom stereocenters. The highest BCUT2D eigenvalue weighted by Crippen LogP contribution is 2.21. The first-order valence-electron chi connectivity index (χ1n) is 6.29. The van der Waals surface area contributed by atoms with Crippen LogP contribution in [0.2, 0.25) is 0 Å². The van der Waals surface area contributed by atoms with Crippen LogP contribution in [0.25, 0.3) is 0 Å². The van der Waals surface area contributed by atoms with Crippen LogP contribution in [0, 0.1) is 0 Å². The van der Waals surface area contributed by atoms with E-state index in [1.165, 1.54) is 31.1 Å². The van der Waals surface area contributed by atoms with E-state index in [2.05, 4.69) is 17.4 Å². The Morgan fingerprint density at radius 2 is 1.83 bits per heavy atom. The van der Waals surface area contributed by atoms with Crippen LogP contribution in [0.1, 0.15) is 32.6 Å². The molecule has 0 aliphatic carbocycles. The number of alkyl halides is 1. The minimum Gasteiger partial charge on any atom is -0.326 e. The number of nitrogens with one attached hydrogen (secondary N) is 1. The zero-order valence-corrected chi connectivity index (χ0v) is 12.3. The second-order valence-corrected chi connectivity index (χ2v) is 5.70. The average molecular weight is 286 g/mol. The minimum absolute atomic E-state index is 0.0327. The SMILES string of the molecule is CC(=O)Nc1ccc(SCCCCCCCl)cc1. The maximum Gasteiger partial charge on any atom is 0.221 e. The fraction of sp³-hybridized carbons (Fsp3) is 0.500. The lowest BCUT2D eigenvalue weighted by atomic mass is 10.2. The van der Waals surface area contributed by atoms with Gasteiger partial charge in [0, 0.05) is 23.4 Å². The normalized spacial score (nSPS) is 10.3. The van der Waals surface area contributed by atoms with Gasteiger partial charge >= 0.3 is 0 Å². The molecule has 0 aromatic heterocycles. The summed E-state index contributed by atoms with van der Waals surface area (Å²) in [5.74, 6) is 1.88. The predicted molar refractivity (Wildman–Crippen MR) is 80.7 cm³/mol. The van der Waals surface area contributed by atoms with Gasteiger partial charge in [0.2, 0.25) is 5.91 Å². The molecule has 2 nitrogen and oxygen atoms in total. The monoisotopic (exact) mass is 285 g/mol. The van der Waals surface area contributed by atoms with E-state index in [0.29, 0.717) is 0 Å². The molecule has 1 aromatic rings. The Labute approximate surface area is 118 Å². The summed E-state index contributed by atoms with van der Waals surface area (Å²) in [6.45, 7) is 1.52. The Morgan fingerprint density at radius 1 is 1.17 bits per heavy atom. The maximum absolute atomic E-state index is 10.9. The molecular weight excluding hydrogens is 266 g/mol.